The summed E-state index contributed by atoms with van der Waals surface area (Å²) in [4.78, 5) is 17.7. The number of methoxy groups -OCH3 is 2. The summed E-state index contributed by atoms with van der Waals surface area (Å²) in [6.07, 6.45) is 2.58. The molecule has 7 nitrogen and oxygen atoms in total. The molecule has 15 heteroatoms. The molecule has 0 aliphatic carbocycles. The first-order valence-corrected chi connectivity index (χ1v) is 9.47. The van der Waals surface area contributed by atoms with Crippen LogP contribution >= 0.6 is 7.80 Å². The summed E-state index contributed by atoms with van der Waals surface area (Å²) >= 11 is 0. The minimum Gasteiger partial charge on any atom is -0.655 e. The smallest absolute Gasteiger partial charge is 0.0703 e. The third kappa shape index (κ3) is 720. The number of rotatable bonds is 2. The molecular formula is C17H44O7PSY6-7. The van der Waals surface area contributed by atoms with E-state index in [-0.39, 0.29) is 226 Å². The molecule has 0 saturated heterocycles. The second-order valence-corrected chi connectivity index (χ2v) is 5.21. The maximum absolute atomic E-state index is 9.63. The monoisotopic (exact) mass is 957 g/mol. The molecule has 190 valence electrons. The van der Waals surface area contributed by atoms with E-state index >= 15 is 0 Å². The van der Waals surface area contributed by atoms with Crippen molar-refractivity contribution < 1.29 is 228 Å². The zero-order valence-electron chi connectivity index (χ0n) is 17.5. The predicted octanol–water partition coefficient (Wildman–Crippen LogP) is 4.75. The van der Waals surface area contributed by atoms with E-state index < -0.39 is 18.5 Å². The van der Waals surface area contributed by atoms with Crippen molar-refractivity contribution in [1.82, 2.24) is 0 Å². The summed E-state index contributed by atoms with van der Waals surface area (Å²) in [7, 11) is -0.477. The SMILES string of the molecule is C.C.C.C.CO[C-]=O.CO[C-]=O.C[PH](C)=O.C[S-](=O)=O.[CH2-]C[CH2-].[CH2-]C[CH2-].[Y].[Y].[Y].[Y].[Y].[Y]. The van der Waals surface area contributed by atoms with Gasteiger partial charge >= 0.3 is 0 Å². The van der Waals surface area contributed by atoms with Gasteiger partial charge in [-0.25, -0.2) is 0 Å². The van der Waals surface area contributed by atoms with Crippen molar-refractivity contribution in [3.63, 3.8) is 0 Å². The zero-order chi connectivity index (χ0) is 19.4. The van der Waals surface area contributed by atoms with Gasteiger partial charge in [0.15, 0.2) is 0 Å². The average molecular weight is 957 g/mol. The molecule has 0 unspecified atom stereocenters. The van der Waals surface area contributed by atoms with Crippen LogP contribution in [-0.4, -0.2) is 46.7 Å². The van der Waals surface area contributed by atoms with E-state index in [9.17, 15) is 4.57 Å². The molecule has 0 aromatic heterocycles. The van der Waals surface area contributed by atoms with Crippen LogP contribution in [0.1, 0.15) is 42.5 Å². The van der Waals surface area contributed by atoms with Gasteiger partial charge < -0.3 is 72.6 Å². The fraction of sp³-hybridized carbons (Fsp3) is 0.647. The topological polar surface area (TPSA) is 104 Å². The first-order valence-electron chi connectivity index (χ1n) is 5.58. The summed E-state index contributed by atoms with van der Waals surface area (Å²) in [5.41, 5.74) is 0. The molecule has 0 fully saturated rings. The molecule has 32 heavy (non-hydrogen) atoms. The molecule has 0 aliphatic heterocycles. The van der Waals surface area contributed by atoms with Gasteiger partial charge in [-0.1, -0.05) is 59.6 Å². The summed E-state index contributed by atoms with van der Waals surface area (Å²) in [6, 6.07) is 0. The van der Waals surface area contributed by atoms with E-state index in [0.29, 0.717) is 0 Å². The van der Waals surface area contributed by atoms with Crippen molar-refractivity contribution in [3.8, 4) is 0 Å². The zero-order valence-corrected chi connectivity index (χ0v) is 36.3. The Morgan fingerprint density at radius 1 is 0.688 bits per heavy atom. The summed E-state index contributed by atoms with van der Waals surface area (Å²) in [5, 5.41) is 0. The van der Waals surface area contributed by atoms with E-state index in [1.807, 2.05) is 0 Å². The molecule has 0 spiro atoms. The number of hydrogen-bond acceptors (Lipinski definition) is 8. The fourth-order valence-electron chi connectivity index (χ4n) is 0. The molecule has 0 rings (SSSR count). The summed E-state index contributed by atoms with van der Waals surface area (Å²) in [6.45, 7) is 19.3. The van der Waals surface area contributed by atoms with Gasteiger partial charge in [-0.05, 0) is 13.3 Å². The van der Waals surface area contributed by atoms with Crippen LogP contribution in [0.4, 0.5) is 0 Å². The minimum absolute atomic E-state index is 0. The Balaban J connectivity index is -0.00000000647. The molecule has 0 heterocycles. The molecular weight excluding hydrogens is 913 g/mol. The summed E-state index contributed by atoms with van der Waals surface area (Å²) < 4.78 is 35.1. The number of carbonyl (C=O) groups excluding carboxylic acids is 2. The minimum atomic E-state index is -1.86. The van der Waals surface area contributed by atoms with Crippen LogP contribution in [-0.2, 0) is 239 Å². The second kappa shape index (κ2) is 149. The molecule has 0 saturated carbocycles. The molecule has 0 aromatic rings. The van der Waals surface area contributed by atoms with Crippen LogP contribution in [0.15, 0.2) is 0 Å². The van der Waals surface area contributed by atoms with E-state index in [4.69, 9.17) is 18.0 Å². The Morgan fingerprint density at radius 3 is 0.719 bits per heavy atom. The average Bonchev–Trinajstić information content (AvgIpc) is 2.39. The number of hydrogen-bond donors (Lipinski definition) is 0. The van der Waals surface area contributed by atoms with Gasteiger partial charge in [0.1, 0.15) is 0 Å². The Hall–Kier alpha value is 5.74. The van der Waals surface area contributed by atoms with Crippen molar-refractivity contribution in [3.05, 3.63) is 27.7 Å². The quantitative estimate of drug-likeness (QED) is 0.224. The van der Waals surface area contributed by atoms with E-state index in [2.05, 4.69) is 37.2 Å². The maximum Gasteiger partial charge on any atom is 0.0703 e. The second-order valence-electron chi connectivity index (χ2n) is 2.59. The third-order valence-corrected chi connectivity index (χ3v) is 0.167. The number of ether oxygens (including phenoxy) is 2. The van der Waals surface area contributed by atoms with Crippen molar-refractivity contribution in [1.29, 1.82) is 0 Å². The Morgan fingerprint density at radius 2 is 0.719 bits per heavy atom. The van der Waals surface area contributed by atoms with Gasteiger partial charge in [0.05, 0.1) is 7.80 Å². The van der Waals surface area contributed by atoms with Crippen LogP contribution in [0.3, 0.4) is 0 Å². The molecule has 0 atom stereocenters. The Labute approximate surface area is 356 Å². The van der Waals surface area contributed by atoms with Gasteiger partial charge in [-0.2, -0.15) is 0 Å². The molecule has 0 N–H and O–H groups in total. The van der Waals surface area contributed by atoms with E-state index in [1.54, 1.807) is 13.3 Å². The summed E-state index contributed by atoms with van der Waals surface area (Å²) in [5.74, 6) is 0. The van der Waals surface area contributed by atoms with Gasteiger partial charge in [0, 0.05) is 210 Å². The van der Waals surface area contributed by atoms with Crippen LogP contribution < -0.4 is 0 Å². The Kier molecular flexibility index (Phi) is 502. The predicted molar refractivity (Wildman–Crippen MR) is 119 cm³/mol. The molecule has 0 amide bonds. The first kappa shape index (κ1) is 108. The standard InChI is InChI=1S/2C3H6.2C2H3O2.C2H7OP.CH3O2S.4CH4.6Y/c2*1-3-2;2*1-4-2-3;2*1-4(2)3;;;;;;;;;;/h2*1-3H2;2*1H3;4H,1-2H3;1H3;4*1H4;;;;;;/q2*-2;2*-1;;-1;;;;;;;;;;. The van der Waals surface area contributed by atoms with Crippen LogP contribution in [0.5, 0.6) is 0 Å². The van der Waals surface area contributed by atoms with Crippen molar-refractivity contribution in [2.24, 2.45) is 0 Å². The largest absolute Gasteiger partial charge is 0.655 e. The third-order valence-electron chi connectivity index (χ3n) is 0.167. The van der Waals surface area contributed by atoms with Crippen LogP contribution in [0.2, 0.25) is 0 Å². The molecule has 6 radical (unpaired) electrons. The first-order chi connectivity index (χ1) is 10.1. The van der Waals surface area contributed by atoms with Gasteiger partial charge in [-0.3, -0.25) is 0 Å². The van der Waals surface area contributed by atoms with E-state index in [1.165, 1.54) is 27.2 Å². The van der Waals surface area contributed by atoms with Crippen molar-refractivity contribution >= 4 is 31.4 Å². The van der Waals surface area contributed by atoms with Crippen LogP contribution in [0, 0.1) is 27.7 Å². The Bertz CT molecular complexity index is 260. The molecule has 0 aromatic carbocycles. The molecule has 0 aliphatic rings. The van der Waals surface area contributed by atoms with Gasteiger partial charge in [0.25, 0.3) is 0 Å². The van der Waals surface area contributed by atoms with Crippen molar-refractivity contribution in [2.75, 3.05) is 33.8 Å². The van der Waals surface area contributed by atoms with Gasteiger partial charge in [-0.15, -0.1) is 0 Å². The van der Waals surface area contributed by atoms with Gasteiger partial charge in [0.2, 0.25) is 0 Å². The normalized spacial score (nSPS) is 4.59. The maximum atomic E-state index is 9.63. The van der Waals surface area contributed by atoms with E-state index in [0.717, 1.165) is 19.1 Å². The van der Waals surface area contributed by atoms with Crippen molar-refractivity contribution in [2.45, 2.75) is 42.5 Å². The van der Waals surface area contributed by atoms with Crippen LogP contribution in [0.25, 0.3) is 0 Å². The molecule has 0 bridgehead atoms. The fourth-order valence-corrected chi connectivity index (χ4v) is 0.